The summed E-state index contributed by atoms with van der Waals surface area (Å²) in [6.45, 7) is 2.01. The lowest BCUT2D eigenvalue weighted by atomic mass is 10.1. The first-order chi connectivity index (χ1) is 6.81. The highest BCUT2D eigenvalue weighted by Gasteiger charge is 2.23. The van der Waals surface area contributed by atoms with Gasteiger partial charge in [-0.3, -0.25) is 0 Å². The van der Waals surface area contributed by atoms with Crippen LogP contribution in [-0.4, -0.2) is 43.3 Å². The lowest BCUT2D eigenvalue weighted by molar-refractivity contribution is 0.407. The highest BCUT2D eigenvalue weighted by atomic mass is 16.5. The lowest BCUT2D eigenvalue weighted by Crippen LogP contribution is -2.56. The predicted octanol–water partition coefficient (Wildman–Crippen LogP) is -0.107. The van der Waals surface area contributed by atoms with Crippen molar-refractivity contribution in [3.05, 3.63) is 12.4 Å². The maximum absolute atomic E-state index is 4.99. The molecule has 1 aromatic heterocycles. The van der Waals surface area contributed by atoms with Crippen molar-refractivity contribution in [2.75, 3.05) is 32.1 Å². The Morgan fingerprint density at radius 3 is 2.50 bits per heavy atom. The average molecular weight is 194 g/mol. The smallest absolute Gasteiger partial charge is 0.225 e. The summed E-state index contributed by atoms with van der Waals surface area (Å²) in [5.41, 5.74) is 0. The molecule has 0 amide bonds. The van der Waals surface area contributed by atoms with Crippen LogP contribution in [0, 0.1) is 0 Å². The molecule has 0 aromatic carbocycles. The topological polar surface area (TPSA) is 50.3 Å². The lowest BCUT2D eigenvalue weighted by Gasteiger charge is -2.35. The summed E-state index contributed by atoms with van der Waals surface area (Å²) in [5.74, 6) is 1.44. The SMILES string of the molecule is COc1cnc(N(C)C2CNC2)nc1. The number of nitrogens with one attached hydrogen (secondary N) is 1. The first-order valence-electron chi connectivity index (χ1n) is 4.61. The highest BCUT2D eigenvalue weighted by Crippen LogP contribution is 2.13. The van der Waals surface area contributed by atoms with E-state index in [2.05, 4.69) is 20.2 Å². The molecular weight excluding hydrogens is 180 g/mol. The fourth-order valence-electron chi connectivity index (χ4n) is 1.31. The molecule has 0 unspecified atom stereocenters. The van der Waals surface area contributed by atoms with Gasteiger partial charge in [0.2, 0.25) is 5.95 Å². The molecular formula is C9H14N4O. The van der Waals surface area contributed by atoms with Crippen LogP contribution in [0.4, 0.5) is 5.95 Å². The Hall–Kier alpha value is -1.36. The largest absolute Gasteiger partial charge is 0.494 e. The summed E-state index contributed by atoms with van der Waals surface area (Å²) >= 11 is 0. The maximum Gasteiger partial charge on any atom is 0.225 e. The van der Waals surface area contributed by atoms with Crippen molar-refractivity contribution < 1.29 is 4.74 Å². The van der Waals surface area contributed by atoms with E-state index in [1.54, 1.807) is 19.5 Å². The molecule has 0 atom stereocenters. The molecule has 0 spiro atoms. The number of ether oxygens (including phenoxy) is 1. The number of anilines is 1. The van der Waals surface area contributed by atoms with Crippen molar-refractivity contribution in [1.82, 2.24) is 15.3 Å². The second kappa shape index (κ2) is 3.79. The Bertz CT molecular complexity index is 296. The van der Waals surface area contributed by atoms with Crippen molar-refractivity contribution in [2.45, 2.75) is 6.04 Å². The summed E-state index contributed by atoms with van der Waals surface area (Å²) in [6, 6.07) is 0.517. The van der Waals surface area contributed by atoms with E-state index in [1.165, 1.54) is 0 Å². The summed E-state index contributed by atoms with van der Waals surface area (Å²) in [4.78, 5) is 10.5. The minimum absolute atomic E-state index is 0.517. The second-order valence-electron chi connectivity index (χ2n) is 3.35. The van der Waals surface area contributed by atoms with Crippen molar-refractivity contribution in [3.8, 4) is 5.75 Å². The molecule has 5 nitrogen and oxygen atoms in total. The van der Waals surface area contributed by atoms with Gasteiger partial charge in [-0.05, 0) is 0 Å². The molecule has 0 aliphatic carbocycles. The molecule has 1 N–H and O–H groups in total. The number of rotatable bonds is 3. The Morgan fingerprint density at radius 2 is 2.07 bits per heavy atom. The predicted molar refractivity (Wildman–Crippen MR) is 53.6 cm³/mol. The van der Waals surface area contributed by atoms with E-state index in [-0.39, 0.29) is 0 Å². The first kappa shape index (κ1) is 9.21. The Balaban J connectivity index is 2.07. The van der Waals surface area contributed by atoms with Gasteiger partial charge in [-0.25, -0.2) is 9.97 Å². The zero-order valence-electron chi connectivity index (χ0n) is 8.40. The average Bonchev–Trinajstić information content (AvgIpc) is 2.15. The van der Waals surface area contributed by atoms with Crippen LogP contribution >= 0.6 is 0 Å². The van der Waals surface area contributed by atoms with Crippen LogP contribution in [0.3, 0.4) is 0 Å². The molecule has 0 bridgehead atoms. The van der Waals surface area contributed by atoms with Gasteiger partial charge in [0.1, 0.15) is 0 Å². The molecule has 1 aliphatic heterocycles. The molecule has 2 heterocycles. The van der Waals surface area contributed by atoms with Crippen LogP contribution in [0.15, 0.2) is 12.4 Å². The van der Waals surface area contributed by atoms with Crippen LogP contribution in [0.2, 0.25) is 0 Å². The van der Waals surface area contributed by atoms with E-state index >= 15 is 0 Å². The number of likely N-dealkylation sites (N-methyl/N-ethyl adjacent to an activating group) is 1. The second-order valence-corrected chi connectivity index (χ2v) is 3.35. The quantitative estimate of drug-likeness (QED) is 0.727. The third-order valence-corrected chi connectivity index (χ3v) is 2.47. The van der Waals surface area contributed by atoms with Gasteiger partial charge < -0.3 is 15.0 Å². The zero-order chi connectivity index (χ0) is 9.97. The molecule has 1 saturated heterocycles. The number of nitrogens with zero attached hydrogens (tertiary/aromatic N) is 3. The van der Waals surface area contributed by atoms with Gasteiger partial charge in [0.25, 0.3) is 0 Å². The van der Waals surface area contributed by atoms with Crippen LogP contribution in [0.5, 0.6) is 5.75 Å². The molecule has 1 aliphatic rings. The molecule has 14 heavy (non-hydrogen) atoms. The van der Waals surface area contributed by atoms with Crippen LogP contribution in [0.25, 0.3) is 0 Å². The van der Waals surface area contributed by atoms with E-state index in [0.717, 1.165) is 19.0 Å². The van der Waals surface area contributed by atoms with Gasteiger partial charge in [-0.2, -0.15) is 0 Å². The maximum atomic E-state index is 4.99. The van der Waals surface area contributed by atoms with Crippen molar-refractivity contribution >= 4 is 5.95 Å². The molecule has 1 fully saturated rings. The summed E-state index contributed by atoms with van der Waals surface area (Å²) < 4.78 is 4.99. The Kier molecular flexibility index (Phi) is 2.49. The standard InChI is InChI=1S/C9H14N4O/c1-13(7-3-10-4-7)9-11-5-8(14-2)6-12-9/h5-7,10H,3-4H2,1-2H3. The van der Waals surface area contributed by atoms with Gasteiger partial charge in [0.15, 0.2) is 5.75 Å². The van der Waals surface area contributed by atoms with E-state index in [4.69, 9.17) is 4.74 Å². The van der Waals surface area contributed by atoms with Gasteiger partial charge >= 0.3 is 0 Å². The minimum atomic E-state index is 0.517. The zero-order valence-corrected chi connectivity index (χ0v) is 8.40. The Morgan fingerprint density at radius 1 is 1.43 bits per heavy atom. The fraction of sp³-hybridized carbons (Fsp3) is 0.556. The van der Waals surface area contributed by atoms with Crippen molar-refractivity contribution in [1.29, 1.82) is 0 Å². The summed E-state index contributed by atoms with van der Waals surface area (Å²) in [7, 11) is 3.62. The van der Waals surface area contributed by atoms with Gasteiger partial charge in [0.05, 0.1) is 25.5 Å². The fourth-order valence-corrected chi connectivity index (χ4v) is 1.31. The number of hydrogen-bond acceptors (Lipinski definition) is 5. The minimum Gasteiger partial charge on any atom is -0.494 e. The van der Waals surface area contributed by atoms with Gasteiger partial charge in [0, 0.05) is 20.1 Å². The third kappa shape index (κ3) is 1.63. The summed E-state index contributed by atoms with van der Waals surface area (Å²) in [6.07, 6.45) is 3.37. The molecule has 5 heteroatoms. The van der Waals surface area contributed by atoms with Crippen molar-refractivity contribution in [2.24, 2.45) is 0 Å². The molecule has 0 saturated carbocycles. The number of hydrogen-bond donors (Lipinski definition) is 1. The molecule has 76 valence electrons. The van der Waals surface area contributed by atoms with Crippen LogP contribution in [0.1, 0.15) is 0 Å². The molecule has 2 rings (SSSR count). The first-order valence-corrected chi connectivity index (χ1v) is 4.61. The third-order valence-electron chi connectivity index (χ3n) is 2.47. The van der Waals surface area contributed by atoms with E-state index in [1.807, 2.05) is 7.05 Å². The van der Waals surface area contributed by atoms with Gasteiger partial charge in [-0.15, -0.1) is 0 Å². The van der Waals surface area contributed by atoms with Crippen molar-refractivity contribution in [3.63, 3.8) is 0 Å². The van der Waals surface area contributed by atoms with E-state index in [9.17, 15) is 0 Å². The highest BCUT2D eigenvalue weighted by molar-refractivity contribution is 5.33. The number of aromatic nitrogens is 2. The van der Waals surface area contributed by atoms with E-state index < -0.39 is 0 Å². The monoisotopic (exact) mass is 194 g/mol. The summed E-state index contributed by atoms with van der Waals surface area (Å²) in [5, 5.41) is 3.21. The Labute approximate surface area is 83.1 Å². The normalized spacial score (nSPS) is 16.1. The van der Waals surface area contributed by atoms with Gasteiger partial charge in [-0.1, -0.05) is 0 Å². The van der Waals surface area contributed by atoms with E-state index in [0.29, 0.717) is 11.8 Å². The number of methoxy groups -OCH3 is 1. The molecule has 0 radical (unpaired) electrons. The van der Waals surface area contributed by atoms with Crippen LogP contribution < -0.4 is 15.0 Å². The van der Waals surface area contributed by atoms with Crippen LogP contribution in [-0.2, 0) is 0 Å². The molecule has 1 aromatic rings.